The molecule has 0 atom stereocenters. The molecule has 0 amide bonds. The molecule has 0 aliphatic rings. The predicted molar refractivity (Wildman–Crippen MR) is 268 cm³/mol. The summed E-state index contributed by atoms with van der Waals surface area (Å²) in [4.78, 5) is 2.37. The van der Waals surface area contributed by atoms with Crippen molar-refractivity contribution in [2.45, 2.75) is 0 Å². The van der Waals surface area contributed by atoms with Gasteiger partial charge in [-0.2, -0.15) is 0 Å². The van der Waals surface area contributed by atoms with Gasteiger partial charge in [0.25, 0.3) is 0 Å². The number of hydrogen-bond donors (Lipinski definition) is 0. The van der Waals surface area contributed by atoms with Crippen molar-refractivity contribution in [2.24, 2.45) is 0 Å². The Hall–Kier alpha value is -7.78. The van der Waals surface area contributed by atoms with Gasteiger partial charge in [-0.3, -0.25) is 0 Å². The second kappa shape index (κ2) is 15.0. The van der Waals surface area contributed by atoms with Crippen LogP contribution in [0.2, 0.25) is 0 Å². The minimum atomic E-state index is 1.10. The zero-order valence-electron chi connectivity index (χ0n) is 33.9. The van der Waals surface area contributed by atoms with Crippen LogP contribution >= 0.6 is 11.3 Å². The summed E-state index contributed by atoms with van der Waals surface area (Å²) in [7, 11) is 0. The van der Waals surface area contributed by atoms with E-state index in [0.29, 0.717) is 0 Å². The Bertz CT molecular complexity index is 3610. The highest BCUT2D eigenvalue weighted by atomic mass is 32.1. The van der Waals surface area contributed by atoms with Gasteiger partial charge >= 0.3 is 0 Å². The summed E-state index contributed by atoms with van der Waals surface area (Å²) in [6.45, 7) is 0. The molecular weight excluding hydrogens is 767 g/mol. The van der Waals surface area contributed by atoms with Crippen LogP contribution in [0.15, 0.2) is 237 Å². The van der Waals surface area contributed by atoms with Crippen molar-refractivity contribution in [3.63, 3.8) is 0 Å². The average molecular weight is 806 g/mol. The number of rotatable bonds is 7. The van der Waals surface area contributed by atoms with Crippen LogP contribution in [0.5, 0.6) is 0 Å². The highest BCUT2D eigenvalue weighted by Crippen LogP contribution is 2.42. The first-order chi connectivity index (χ1) is 30.7. The van der Waals surface area contributed by atoms with E-state index in [1.54, 1.807) is 0 Å². The van der Waals surface area contributed by atoms with Crippen molar-refractivity contribution in [3.05, 3.63) is 237 Å². The molecule has 1 aromatic heterocycles. The highest BCUT2D eigenvalue weighted by molar-refractivity contribution is 7.25. The van der Waals surface area contributed by atoms with Crippen LogP contribution in [0.1, 0.15) is 0 Å². The van der Waals surface area contributed by atoms with Crippen molar-refractivity contribution in [1.29, 1.82) is 0 Å². The summed E-state index contributed by atoms with van der Waals surface area (Å²) >= 11 is 1.86. The Morgan fingerprint density at radius 2 is 0.742 bits per heavy atom. The molecular formula is C60H39NS. The maximum atomic E-state index is 2.37. The minimum absolute atomic E-state index is 1.10. The average Bonchev–Trinajstić information content (AvgIpc) is 3.74. The molecule has 11 aromatic carbocycles. The first kappa shape index (κ1) is 36.1. The highest BCUT2D eigenvalue weighted by Gasteiger charge is 2.16. The lowest BCUT2D eigenvalue weighted by atomic mass is 9.95. The van der Waals surface area contributed by atoms with Gasteiger partial charge in [-0.15, -0.1) is 11.3 Å². The zero-order chi connectivity index (χ0) is 41.0. The maximum Gasteiger partial charge on any atom is 0.0462 e. The Kier molecular flexibility index (Phi) is 8.76. The van der Waals surface area contributed by atoms with Crippen LogP contribution in [0, 0.1) is 0 Å². The van der Waals surface area contributed by atoms with Gasteiger partial charge in [-0.1, -0.05) is 176 Å². The first-order valence-electron chi connectivity index (χ1n) is 21.2. The van der Waals surface area contributed by atoms with Crippen LogP contribution in [0.4, 0.5) is 17.1 Å². The quantitative estimate of drug-likeness (QED) is 0.145. The van der Waals surface area contributed by atoms with Gasteiger partial charge in [0.1, 0.15) is 0 Å². The molecule has 2 heteroatoms. The molecule has 12 rings (SSSR count). The Labute approximate surface area is 365 Å². The van der Waals surface area contributed by atoms with Crippen molar-refractivity contribution >= 4 is 80.9 Å². The molecule has 0 bridgehead atoms. The largest absolute Gasteiger partial charge is 0.311 e. The predicted octanol–water partition coefficient (Wildman–Crippen LogP) is 17.7. The van der Waals surface area contributed by atoms with Gasteiger partial charge in [0.05, 0.1) is 0 Å². The Morgan fingerprint density at radius 1 is 0.258 bits per heavy atom. The van der Waals surface area contributed by atoms with E-state index in [0.717, 1.165) is 17.1 Å². The second-order valence-corrected chi connectivity index (χ2v) is 17.2. The van der Waals surface area contributed by atoms with Gasteiger partial charge < -0.3 is 4.90 Å². The van der Waals surface area contributed by atoms with E-state index >= 15 is 0 Å². The minimum Gasteiger partial charge on any atom is -0.311 e. The number of benzene rings is 11. The zero-order valence-corrected chi connectivity index (χ0v) is 34.7. The number of nitrogens with zero attached hydrogens (tertiary/aromatic N) is 1. The first-order valence-corrected chi connectivity index (χ1v) is 22.0. The molecule has 12 aromatic rings. The Balaban J connectivity index is 0.921. The van der Waals surface area contributed by atoms with Gasteiger partial charge in [0.15, 0.2) is 0 Å². The molecule has 1 heterocycles. The summed E-state index contributed by atoms with van der Waals surface area (Å²) in [6.07, 6.45) is 0. The summed E-state index contributed by atoms with van der Waals surface area (Å²) in [5, 5.41) is 10.3. The molecule has 0 aliphatic carbocycles. The van der Waals surface area contributed by atoms with Crippen LogP contribution in [-0.2, 0) is 0 Å². The number of fused-ring (bicyclic) bond motifs is 7. The van der Waals surface area contributed by atoms with Crippen LogP contribution in [-0.4, -0.2) is 0 Å². The molecule has 1 nitrogen and oxygen atoms in total. The fourth-order valence-electron chi connectivity index (χ4n) is 9.39. The topological polar surface area (TPSA) is 3.24 Å². The van der Waals surface area contributed by atoms with Crippen molar-refractivity contribution in [1.82, 2.24) is 0 Å². The van der Waals surface area contributed by atoms with Crippen molar-refractivity contribution < 1.29 is 0 Å². The standard InChI is InChI=1S/C60H39NS/c1-3-15-52-42(10-1)12-8-18-54(52)47-14-7-13-45(38-47)40-24-31-49(32-25-40)61(51-35-28-44(29-36-51)56-19-9-21-59-60(56)57-17-5-6-20-58(57)62-59)50-33-26-41(27-34-50)46-30-37-55-48(39-46)23-22-43-11-2-4-16-53(43)55/h1-39H. The van der Waals surface area contributed by atoms with Gasteiger partial charge in [0, 0.05) is 37.2 Å². The van der Waals surface area contributed by atoms with E-state index < -0.39 is 0 Å². The van der Waals surface area contributed by atoms with Gasteiger partial charge in [-0.25, -0.2) is 0 Å². The van der Waals surface area contributed by atoms with E-state index in [-0.39, 0.29) is 0 Å². The third-order valence-electron chi connectivity index (χ3n) is 12.5. The lowest BCUT2D eigenvalue weighted by molar-refractivity contribution is 1.28. The summed E-state index contributed by atoms with van der Waals surface area (Å²) < 4.78 is 2.64. The lowest BCUT2D eigenvalue weighted by Crippen LogP contribution is -2.09. The summed E-state index contributed by atoms with van der Waals surface area (Å²) in [5.41, 5.74) is 13.0. The second-order valence-electron chi connectivity index (χ2n) is 16.1. The normalized spacial score (nSPS) is 11.5. The fraction of sp³-hybridized carbons (Fsp3) is 0. The molecule has 0 spiro atoms. The van der Waals surface area contributed by atoms with Crippen LogP contribution < -0.4 is 4.90 Å². The van der Waals surface area contributed by atoms with E-state index in [1.807, 2.05) is 11.3 Å². The van der Waals surface area contributed by atoms with E-state index in [1.165, 1.54) is 97.0 Å². The van der Waals surface area contributed by atoms with E-state index in [2.05, 4.69) is 241 Å². The molecule has 62 heavy (non-hydrogen) atoms. The fourth-order valence-corrected chi connectivity index (χ4v) is 10.5. The molecule has 0 radical (unpaired) electrons. The van der Waals surface area contributed by atoms with E-state index in [4.69, 9.17) is 0 Å². The number of thiophene rings is 1. The molecule has 0 N–H and O–H groups in total. The van der Waals surface area contributed by atoms with Gasteiger partial charge in [-0.05, 0) is 137 Å². The molecule has 0 aliphatic heterocycles. The van der Waals surface area contributed by atoms with Crippen molar-refractivity contribution in [3.8, 4) is 44.5 Å². The van der Waals surface area contributed by atoms with Crippen LogP contribution in [0.25, 0.3) is 97.0 Å². The summed E-state index contributed by atoms with van der Waals surface area (Å²) in [6, 6.07) is 86.7. The maximum absolute atomic E-state index is 2.37. The monoisotopic (exact) mass is 805 g/mol. The number of anilines is 3. The molecule has 290 valence electrons. The van der Waals surface area contributed by atoms with E-state index in [9.17, 15) is 0 Å². The lowest BCUT2D eigenvalue weighted by Gasteiger charge is -2.26. The third-order valence-corrected chi connectivity index (χ3v) is 13.6. The molecule has 0 unspecified atom stereocenters. The molecule has 0 saturated heterocycles. The summed E-state index contributed by atoms with van der Waals surface area (Å²) in [5.74, 6) is 0. The SMILES string of the molecule is c1cc(-c2ccc(N(c3ccc(-c4ccc5c(ccc6ccccc65)c4)cc3)c3ccc(-c4cccc5sc6ccccc6c45)cc3)cc2)cc(-c2cccc3ccccc23)c1. The van der Waals surface area contributed by atoms with Gasteiger partial charge in [0.2, 0.25) is 0 Å². The smallest absolute Gasteiger partial charge is 0.0462 e. The Morgan fingerprint density at radius 3 is 1.48 bits per heavy atom. The molecule has 0 saturated carbocycles. The number of hydrogen-bond acceptors (Lipinski definition) is 2. The third kappa shape index (κ3) is 6.32. The van der Waals surface area contributed by atoms with Crippen LogP contribution in [0.3, 0.4) is 0 Å². The van der Waals surface area contributed by atoms with Crippen molar-refractivity contribution in [2.75, 3.05) is 4.90 Å². The molecule has 0 fully saturated rings.